The van der Waals surface area contributed by atoms with Crippen molar-refractivity contribution in [1.82, 2.24) is 35.1 Å². The predicted octanol–water partition coefficient (Wildman–Crippen LogP) is 3.60. The Bertz CT molecular complexity index is 1530. The van der Waals surface area contributed by atoms with E-state index in [9.17, 15) is 4.79 Å². The minimum absolute atomic E-state index is 0.282. The summed E-state index contributed by atoms with van der Waals surface area (Å²) in [6.07, 6.45) is 3.10. The van der Waals surface area contributed by atoms with Crippen molar-refractivity contribution in [2.45, 2.75) is 19.6 Å². The zero-order valence-electron chi connectivity index (χ0n) is 18.9. The van der Waals surface area contributed by atoms with Crippen molar-refractivity contribution < 1.29 is 9.53 Å². The first-order valence-corrected chi connectivity index (χ1v) is 11.2. The first-order chi connectivity index (χ1) is 17.0. The van der Waals surface area contributed by atoms with Gasteiger partial charge in [0.2, 0.25) is 0 Å². The van der Waals surface area contributed by atoms with E-state index >= 15 is 0 Å². The predicted molar refractivity (Wildman–Crippen MR) is 134 cm³/mol. The Kier molecular flexibility index (Phi) is 6.11. The number of nitrogens with one attached hydrogen (secondary N) is 3. The number of H-pyrrole nitrogens is 1. The first kappa shape index (κ1) is 22.5. The fourth-order valence-corrected chi connectivity index (χ4v) is 4.27. The lowest BCUT2D eigenvalue weighted by Gasteiger charge is -2.10. The molecule has 0 bridgehead atoms. The second-order valence-corrected chi connectivity index (χ2v) is 8.41. The number of methoxy groups -OCH3 is 1. The number of hydrogen-bond acceptors (Lipinski definition) is 6. The van der Waals surface area contributed by atoms with E-state index in [1.165, 1.54) is 6.33 Å². The van der Waals surface area contributed by atoms with Crippen LogP contribution in [0.5, 0.6) is 5.75 Å². The van der Waals surface area contributed by atoms with Crippen LogP contribution in [0.25, 0.3) is 22.1 Å². The van der Waals surface area contributed by atoms with Crippen LogP contribution in [0, 0.1) is 0 Å². The molecule has 5 aromatic rings. The number of anilines is 1. The molecule has 0 unspecified atom stereocenters. The molecule has 0 atom stereocenters. The zero-order valence-corrected chi connectivity index (χ0v) is 19.6. The number of fused-ring (bicyclic) bond motifs is 2. The van der Waals surface area contributed by atoms with Gasteiger partial charge in [-0.3, -0.25) is 0 Å². The van der Waals surface area contributed by atoms with E-state index in [0.717, 1.165) is 33.5 Å². The summed E-state index contributed by atoms with van der Waals surface area (Å²) < 4.78 is 7.21. The first-order valence-electron chi connectivity index (χ1n) is 10.9. The number of carbonyl (C=O) groups excluding carboxylic acids is 1. The molecule has 0 radical (unpaired) electrons. The van der Waals surface area contributed by atoms with Gasteiger partial charge in [0.15, 0.2) is 11.5 Å². The maximum absolute atomic E-state index is 12.4. The molecule has 0 aliphatic heterocycles. The number of halogens is 1. The lowest BCUT2D eigenvalue weighted by atomic mass is 10.1. The van der Waals surface area contributed by atoms with Gasteiger partial charge in [0, 0.05) is 28.2 Å². The van der Waals surface area contributed by atoms with Crippen LogP contribution in [0.3, 0.4) is 0 Å². The van der Waals surface area contributed by atoms with E-state index in [0.29, 0.717) is 41.6 Å². The smallest absolute Gasteiger partial charge is 0.315 e. The van der Waals surface area contributed by atoms with E-state index < -0.39 is 0 Å². The molecule has 0 saturated carbocycles. The summed E-state index contributed by atoms with van der Waals surface area (Å²) >= 11 is 6.39. The van der Waals surface area contributed by atoms with Gasteiger partial charge in [0.1, 0.15) is 17.6 Å². The number of nitrogens with zero attached hydrogens (tertiary/aromatic N) is 4. The molecule has 10 nitrogen and oxygen atoms in total. The monoisotopic (exact) mass is 490 g/mol. The molecule has 0 spiro atoms. The van der Waals surface area contributed by atoms with Gasteiger partial charge in [0.05, 0.1) is 32.0 Å². The molecule has 0 fully saturated rings. The van der Waals surface area contributed by atoms with Crippen molar-refractivity contribution >= 4 is 45.5 Å². The van der Waals surface area contributed by atoms with E-state index in [2.05, 4.69) is 30.6 Å². The summed E-state index contributed by atoms with van der Waals surface area (Å²) in [5.74, 6) is 1.06. The van der Waals surface area contributed by atoms with Crippen molar-refractivity contribution in [3.05, 3.63) is 77.0 Å². The highest BCUT2D eigenvalue weighted by Gasteiger charge is 2.13. The molecule has 3 heterocycles. The van der Waals surface area contributed by atoms with Crippen LogP contribution in [0.1, 0.15) is 16.8 Å². The second kappa shape index (κ2) is 9.51. The summed E-state index contributed by atoms with van der Waals surface area (Å²) in [7, 11) is 1.60. The van der Waals surface area contributed by atoms with E-state index in [1.54, 1.807) is 13.4 Å². The van der Waals surface area contributed by atoms with Crippen LogP contribution in [-0.2, 0) is 19.6 Å². The lowest BCUT2D eigenvalue weighted by molar-refractivity contribution is 0.240. The highest BCUT2D eigenvalue weighted by molar-refractivity contribution is 6.31. The normalized spacial score (nSPS) is 11.1. The number of carbonyl (C=O) groups is 1. The minimum Gasteiger partial charge on any atom is -0.496 e. The molecule has 0 saturated heterocycles. The molecule has 5 rings (SSSR count). The van der Waals surface area contributed by atoms with Gasteiger partial charge in [-0.1, -0.05) is 29.8 Å². The number of nitrogens with two attached hydrogens (primary N) is 1. The number of benzene rings is 2. The van der Waals surface area contributed by atoms with Gasteiger partial charge in [-0.25, -0.2) is 19.7 Å². The minimum atomic E-state index is -0.282. The average molecular weight is 491 g/mol. The SMILES string of the molecule is COc1ccccc1CNC(=O)NCc1cc2cc(Cl)cc(Cn3cnc4c(N)ncnc43)c2[nH]1. The van der Waals surface area contributed by atoms with Crippen LogP contribution >= 0.6 is 11.6 Å². The molecule has 0 aliphatic rings. The number of amides is 2. The average Bonchev–Trinajstić information content (AvgIpc) is 3.46. The summed E-state index contributed by atoms with van der Waals surface area (Å²) in [6, 6.07) is 13.0. The number of rotatable bonds is 7. The Morgan fingerprint density at radius 1 is 1.11 bits per heavy atom. The van der Waals surface area contributed by atoms with Crippen molar-refractivity contribution in [3.8, 4) is 5.75 Å². The summed E-state index contributed by atoms with van der Waals surface area (Å²) in [4.78, 5) is 28.4. The van der Waals surface area contributed by atoms with Gasteiger partial charge in [-0.15, -0.1) is 0 Å². The number of para-hydroxylation sites is 1. The maximum Gasteiger partial charge on any atom is 0.315 e. The standard InChI is InChI=1S/C24H23ClN8O2/c1-35-19-5-3-2-4-14(19)9-27-24(34)28-10-18-8-15-6-17(25)7-16(20(15)32-18)11-33-13-31-21-22(26)29-12-30-23(21)33/h2-8,12-13,32H,9-11H2,1H3,(H2,26,29,30)(H2,27,28,34). The molecule has 5 N–H and O–H groups in total. The van der Waals surface area contributed by atoms with E-state index in [-0.39, 0.29) is 6.03 Å². The van der Waals surface area contributed by atoms with Gasteiger partial charge in [-0.05, 0) is 29.8 Å². The Morgan fingerprint density at radius 3 is 2.80 bits per heavy atom. The fourth-order valence-electron chi connectivity index (χ4n) is 4.02. The summed E-state index contributed by atoms with van der Waals surface area (Å²) in [6.45, 7) is 1.16. The molecular weight excluding hydrogens is 468 g/mol. The topological polar surface area (TPSA) is 136 Å². The highest BCUT2D eigenvalue weighted by atomic mass is 35.5. The number of aromatic amines is 1. The number of hydrogen-bond donors (Lipinski definition) is 4. The molecule has 35 heavy (non-hydrogen) atoms. The van der Waals surface area contributed by atoms with Crippen LogP contribution in [0.2, 0.25) is 5.02 Å². The molecule has 2 amide bonds. The van der Waals surface area contributed by atoms with Crippen LogP contribution in [0.4, 0.5) is 10.6 Å². The number of imidazole rings is 1. The third-order valence-corrected chi connectivity index (χ3v) is 5.89. The third kappa shape index (κ3) is 4.69. The van der Waals surface area contributed by atoms with Gasteiger partial charge < -0.3 is 30.7 Å². The van der Waals surface area contributed by atoms with Gasteiger partial charge in [0.25, 0.3) is 0 Å². The lowest BCUT2D eigenvalue weighted by Crippen LogP contribution is -2.34. The Labute approximate surface area is 205 Å². The summed E-state index contributed by atoms with van der Waals surface area (Å²) in [5, 5.41) is 7.28. The molecule has 11 heteroatoms. The molecule has 2 aromatic carbocycles. The number of ether oxygens (including phenoxy) is 1. The van der Waals surface area contributed by atoms with Gasteiger partial charge >= 0.3 is 6.03 Å². The van der Waals surface area contributed by atoms with Crippen molar-refractivity contribution in [1.29, 1.82) is 0 Å². The van der Waals surface area contributed by atoms with Crippen LogP contribution in [-0.4, -0.2) is 37.6 Å². The zero-order chi connectivity index (χ0) is 24.4. The Hall–Kier alpha value is -4.31. The van der Waals surface area contributed by atoms with E-state index in [4.69, 9.17) is 22.1 Å². The Balaban J connectivity index is 1.30. The van der Waals surface area contributed by atoms with E-state index in [1.807, 2.05) is 47.0 Å². The van der Waals surface area contributed by atoms with Crippen LogP contribution in [0.15, 0.2) is 55.1 Å². The Morgan fingerprint density at radius 2 is 1.94 bits per heavy atom. The second-order valence-electron chi connectivity index (χ2n) is 7.98. The highest BCUT2D eigenvalue weighted by Crippen LogP contribution is 2.26. The fraction of sp³-hybridized carbons (Fsp3) is 0.167. The largest absolute Gasteiger partial charge is 0.496 e. The number of aromatic nitrogens is 5. The molecule has 3 aromatic heterocycles. The van der Waals surface area contributed by atoms with Gasteiger partial charge in [-0.2, -0.15) is 0 Å². The van der Waals surface area contributed by atoms with Crippen LogP contribution < -0.4 is 21.1 Å². The number of urea groups is 1. The molecule has 178 valence electrons. The maximum atomic E-state index is 12.4. The molecular formula is C24H23ClN8O2. The van der Waals surface area contributed by atoms with Crippen molar-refractivity contribution in [2.75, 3.05) is 12.8 Å². The quantitative estimate of drug-likeness (QED) is 0.275. The molecule has 0 aliphatic carbocycles. The third-order valence-electron chi connectivity index (χ3n) is 5.67. The van der Waals surface area contributed by atoms with Crippen molar-refractivity contribution in [2.24, 2.45) is 0 Å². The van der Waals surface area contributed by atoms with Crippen molar-refractivity contribution in [3.63, 3.8) is 0 Å². The summed E-state index contributed by atoms with van der Waals surface area (Å²) in [5.41, 5.74) is 10.7. The number of nitrogen functional groups attached to an aromatic ring is 1.